The van der Waals surface area contributed by atoms with E-state index in [1.165, 1.54) is 17.8 Å². The van der Waals surface area contributed by atoms with Gasteiger partial charge in [-0.3, -0.25) is 19.5 Å². The molecule has 1 N–H and O–H groups in total. The first-order valence-corrected chi connectivity index (χ1v) is 11.6. The molecule has 0 saturated carbocycles. The highest BCUT2D eigenvalue weighted by Crippen LogP contribution is 2.29. The first kappa shape index (κ1) is 23.5. The number of carbonyl (C=O) groups is 1. The number of hydrogen-bond acceptors (Lipinski definition) is 6. The molecular weight excluding hydrogens is 474 g/mol. The number of amides is 1. The second-order valence-electron chi connectivity index (χ2n) is 7.58. The number of thioether (sulfide) groups is 1. The average Bonchev–Trinajstić information content (AvgIpc) is 3.23. The zero-order chi connectivity index (χ0) is 24.2. The lowest BCUT2D eigenvalue weighted by Crippen LogP contribution is -2.15. The van der Waals surface area contributed by atoms with Gasteiger partial charge in [-0.05, 0) is 56.3 Å². The van der Waals surface area contributed by atoms with Gasteiger partial charge in [-0.2, -0.15) is 0 Å². The second kappa shape index (κ2) is 10.1. The highest BCUT2D eigenvalue weighted by atomic mass is 35.5. The molecule has 1 amide bonds. The van der Waals surface area contributed by atoms with Gasteiger partial charge >= 0.3 is 0 Å². The third-order valence-corrected chi connectivity index (χ3v) is 6.23. The van der Waals surface area contributed by atoms with Crippen molar-refractivity contribution in [2.24, 2.45) is 0 Å². The monoisotopic (exact) mass is 493 g/mol. The number of aryl methyl sites for hydroxylation is 2. The number of nitrogens with zero attached hydrogens (tertiary/aromatic N) is 4. The first-order valence-electron chi connectivity index (χ1n) is 10.3. The summed E-state index contributed by atoms with van der Waals surface area (Å²) in [4.78, 5) is 23.3. The highest BCUT2D eigenvalue weighted by molar-refractivity contribution is 7.99. The van der Waals surface area contributed by atoms with Gasteiger partial charge in [-0.15, -0.1) is 10.2 Å². The van der Waals surface area contributed by atoms with Crippen molar-refractivity contribution in [3.63, 3.8) is 0 Å². The minimum Gasteiger partial charge on any atom is -0.325 e. The molecule has 0 saturated heterocycles. The maximum atomic E-state index is 12.6. The van der Waals surface area contributed by atoms with Crippen LogP contribution in [0.2, 0.25) is 5.02 Å². The molecule has 34 heavy (non-hydrogen) atoms. The number of rotatable bonds is 7. The topological polar surface area (TPSA) is 103 Å². The zero-order valence-corrected chi connectivity index (χ0v) is 19.9. The fourth-order valence-electron chi connectivity index (χ4n) is 3.29. The van der Waals surface area contributed by atoms with Gasteiger partial charge in [-0.1, -0.05) is 47.1 Å². The first-order chi connectivity index (χ1) is 16.3. The van der Waals surface area contributed by atoms with Crippen LogP contribution in [0.4, 0.5) is 11.4 Å². The van der Waals surface area contributed by atoms with Gasteiger partial charge in [0, 0.05) is 33.6 Å². The summed E-state index contributed by atoms with van der Waals surface area (Å²) in [5.74, 6) is 0.360. The Labute approximate surface area is 205 Å². The Morgan fingerprint density at radius 3 is 2.44 bits per heavy atom. The Morgan fingerprint density at radius 2 is 1.76 bits per heavy atom. The van der Waals surface area contributed by atoms with Crippen molar-refractivity contribution in [3.8, 4) is 17.1 Å². The highest BCUT2D eigenvalue weighted by Gasteiger charge is 2.18. The number of aromatic nitrogens is 3. The normalized spacial score (nSPS) is 10.8. The van der Waals surface area contributed by atoms with Crippen molar-refractivity contribution >= 4 is 40.6 Å². The predicted octanol–water partition coefficient (Wildman–Crippen LogP) is 5.84. The number of hydrogen-bond donors (Lipinski definition) is 1. The third-order valence-electron chi connectivity index (χ3n) is 5.05. The summed E-state index contributed by atoms with van der Waals surface area (Å²) in [6.45, 7) is 3.65. The zero-order valence-electron chi connectivity index (χ0n) is 18.4. The van der Waals surface area contributed by atoms with Crippen LogP contribution in [0.1, 0.15) is 11.1 Å². The molecule has 1 aromatic heterocycles. The van der Waals surface area contributed by atoms with Crippen LogP contribution in [-0.4, -0.2) is 31.3 Å². The summed E-state index contributed by atoms with van der Waals surface area (Å²) in [6.07, 6.45) is 0. The minimum absolute atomic E-state index is 0.0443. The summed E-state index contributed by atoms with van der Waals surface area (Å²) < 4.78 is 1.89. The Bertz CT molecular complexity index is 1350. The molecular formula is C24H20ClN5O3S. The van der Waals surface area contributed by atoms with Crippen LogP contribution >= 0.6 is 23.4 Å². The molecule has 8 nitrogen and oxygen atoms in total. The van der Waals surface area contributed by atoms with Gasteiger partial charge in [-0.25, -0.2) is 0 Å². The van der Waals surface area contributed by atoms with E-state index >= 15 is 0 Å². The molecule has 4 aromatic rings. The predicted molar refractivity (Wildman–Crippen MR) is 134 cm³/mol. The maximum absolute atomic E-state index is 12.6. The van der Waals surface area contributed by atoms with E-state index in [-0.39, 0.29) is 17.3 Å². The number of nitro groups is 1. The van der Waals surface area contributed by atoms with Crippen LogP contribution in [0.15, 0.2) is 71.9 Å². The number of benzene rings is 3. The quantitative estimate of drug-likeness (QED) is 0.197. The Balaban J connectivity index is 1.57. The average molecular weight is 494 g/mol. The van der Waals surface area contributed by atoms with E-state index in [1.54, 1.807) is 31.2 Å². The SMILES string of the molecule is Cc1ccc(-n2c(SCC(=O)Nc3ccc(C)c([N+](=O)[O-])c3)nnc2-c2ccc(Cl)cc2)cc1. The molecule has 172 valence electrons. The lowest BCUT2D eigenvalue weighted by molar-refractivity contribution is -0.385. The number of carbonyl (C=O) groups excluding carboxylic acids is 1. The number of nitro benzene ring substituents is 1. The van der Waals surface area contributed by atoms with Crippen molar-refractivity contribution < 1.29 is 9.72 Å². The molecule has 0 fully saturated rings. The molecule has 0 atom stereocenters. The van der Waals surface area contributed by atoms with Crippen LogP contribution in [0.25, 0.3) is 17.1 Å². The fraction of sp³-hybridized carbons (Fsp3) is 0.125. The standard InChI is InChI=1S/C24H20ClN5O3S/c1-15-3-11-20(12-4-15)29-23(17-6-8-18(25)9-7-17)27-28-24(29)34-14-22(31)26-19-10-5-16(2)21(13-19)30(32)33/h3-13H,14H2,1-2H3,(H,26,31). The van der Waals surface area contributed by atoms with Crippen molar-refractivity contribution in [2.45, 2.75) is 19.0 Å². The molecule has 0 radical (unpaired) electrons. The third kappa shape index (κ3) is 5.27. The van der Waals surface area contributed by atoms with E-state index in [0.29, 0.717) is 27.3 Å². The van der Waals surface area contributed by atoms with Gasteiger partial charge in [0.1, 0.15) is 0 Å². The van der Waals surface area contributed by atoms with Crippen LogP contribution in [-0.2, 0) is 4.79 Å². The Hall–Kier alpha value is -3.69. The van der Waals surface area contributed by atoms with Crippen molar-refractivity contribution in [1.29, 1.82) is 0 Å². The van der Waals surface area contributed by atoms with Crippen LogP contribution in [0, 0.1) is 24.0 Å². The van der Waals surface area contributed by atoms with E-state index in [9.17, 15) is 14.9 Å². The minimum atomic E-state index is -0.470. The van der Waals surface area contributed by atoms with Gasteiger partial charge in [0.25, 0.3) is 5.69 Å². The lowest BCUT2D eigenvalue weighted by Gasteiger charge is -2.11. The van der Waals surface area contributed by atoms with Crippen LogP contribution in [0.5, 0.6) is 0 Å². The molecule has 0 bridgehead atoms. The number of nitrogens with one attached hydrogen (secondary N) is 1. The van der Waals surface area contributed by atoms with Gasteiger partial charge < -0.3 is 5.32 Å². The smallest absolute Gasteiger partial charge is 0.274 e. The second-order valence-corrected chi connectivity index (χ2v) is 8.96. The van der Waals surface area contributed by atoms with Crippen LogP contribution in [0.3, 0.4) is 0 Å². The molecule has 10 heteroatoms. The van der Waals surface area contributed by atoms with E-state index in [1.807, 2.05) is 47.9 Å². The largest absolute Gasteiger partial charge is 0.325 e. The van der Waals surface area contributed by atoms with Crippen molar-refractivity contribution in [1.82, 2.24) is 14.8 Å². The van der Waals surface area contributed by atoms with Crippen LogP contribution < -0.4 is 5.32 Å². The molecule has 4 rings (SSSR count). The van der Waals surface area contributed by atoms with Gasteiger partial charge in [0.2, 0.25) is 5.91 Å². The van der Waals surface area contributed by atoms with Gasteiger partial charge in [0.15, 0.2) is 11.0 Å². The summed E-state index contributed by atoms with van der Waals surface area (Å²) in [7, 11) is 0. The maximum Gasteiger partial charge on any atom is 0.274 e. The summed E-state index contributed by atoms with van der Waals surface area (Å²) >= 11 is 7.26. The van der Waals surface area contributed by atoms with E-state index in [0.717, 1.165) is 16.8 Å². The van der Waals surface area contributed by atoms with Crippen molar-refractivity contribution in [3.05, 3.63) is 93.0 Å². The summed E-state index contributed by atoms with van der Waals surface area (Å²) in [5, 5.41) is 23.7. The number of halogens is 1. The van der Waals surface area contributed by atoms with E-state index in [4.69, 9.17) is 11.6 Å². The molecule has 0 spiro atoms. The van der Waals surface area contributed by atoms with E-state index in [2.05, 4.69) is 15.5 Å². The Morgan fingerprint density at radius 1 is 1.06 bits per heavy atom. The molecule has 1 heterocycles. The molecule has 0 aliphatic rings. The van der Waals surface area contributed by atoms with E-state index < -0.39 is 4.92 Å². The van der Waals surface area contributed by atoms with Crippen molar-refractivity contribution in [2.75, 3.05) is 11.1 Å². The molecule has 3 aromatic carbocycles. The molecule has 0 unspecified atom stereocenters. The molecule has 0 aliphatic heterocycles. The van der Waals surface area contributed by atoms with Gasteiger partial charge in [0.05, 0.1) is 10.7 Å². The Kier molecular flexibility index (Phi) is 6.95. The fourth-order valence-corrected chi connectivity index (χ4v) is 4.16. The summed E-state index contributed by atoms with van der Waals surface area (Å²) in [6, 6.07) is 19.8. The summed E-state index contributed by atoms with van der Waals surface area (Å²) in [5.41, 5.74) is 3.66. The molecule has 0 aliphatic carbocycles. The number of anilines is 1. The lowest BCUT2D eigenvalue weighted by atomic mass is 10.2.